The fourth-order valence-corrected chi connectivity index (χ4v) is 10.7. The zero-order valence-corrected chi connectivity index (χ0v) is 36.2. The molecule has 13 aromatic rings. The van der Waals surface area contributed by atoms with Crippen molar-refractivity contribution in [3.8, 4) is 84.4 Å². The van der Waals surface area contributed by atoms with Crippen molar-refractivity contribution in [2.75, 3.05) is 0 Å². The number of rotatable bonds is 5. The van der Waals surface area contributed by atoms with E-state index < -0.39 is 28.7 Å². The maximum atomic E-state index is 11.1. The predicted molar refractivity (Wildman–Crippen MR) is 277 cm³/mol. The van der Waals surface area contributed by atoms with Crippen LogP contribution < -0.4 is 0 Å². The van der Waals surface area contributed by atoms with Crippen LogP contribution in [0.15, 0.2) is 205 Å². The lowest BCUT2D eigenvalue weighted by atomic mass is 9.84. The first-order valence-corrected chi connectivity index (χ1v) is 22.4. The van der Waals surface area contributed by atoms with Crippen molar-refractivity contribution >= 4 is 75.8 Å². The molecule has 68 heavy (non-hydrogen) atoms. The number of phenolic OH excluding ortho intramolecular Hbond substituents is 5. The number of para-hydroxylation sites is 1. The maximum absolute atomic E-state index is 11.1. The lowest BCUT2D eigenvalue weighted by Crippen LogP contribution is -1.92. The molecule has 0 amide bonds. The van der Waals surface area contributed by atoms with Gasteiger partial charge in [-0.2, -0.15) is 0 Å². The van der Waals surface area contributed by atoms with E-state index in [1.54, 1.807) is 0 Å². The van der Waals surface area contributed by atoms with Crippen LogP contribution in [0.25, 0.3) is 131 Å². The van der Waals surface area contributed by atoms with E-state index in [1.165, 1.54) is 27.1 Å². The van der Waals surface area contributed by atoms with E-state index in [-0.39, 0.29) is 5.56 Å². The Morgan fingerprint density at radius 3 is 1.26 bits per heavy atom. The molecule has 13 rings (SSSR count). The molecule has 1 heterocycles. The third-order valence-corrected chi connectivity index (χ3v) is 13.8. The van der Waals surface area contributed by atoms with E-state index in [4.69, 9.17) is 4.42 Å². The molecule has 0 saturated carbocycles. The molecule has 12 aromatic carbocycles. The quantitative estimate of drug-likeness (QED) is 0.0509. The van der Waals surface area contributed by atoms with Gasteiger partial charge in [-0.05, 0) is 129 Å². The van der Waals surface area contributed by atoms with E-state index >= 15 is 0 Å². The molecule has 0 bridgehead atoms. The molecule has 0 spiro atoms. The van der Waals surface area contributed by atoms with Gasteiger partial charge in [0.25, 0.3) is 0 Å². The summed E-state index contributed by atoms with van der Waals surface area (Å²) in [5, 5.41) is 65.9. The van der Waals surface area contributed by atoms with Crippen LogP contribution in [-0.2, 0) is 0 Å². The lowest BCUT2D eigenvalue weighted by Gasteiger charge is -2.20. The minimum Gasteiger partial charge on any atom is -0.504 e. The molecule has 0 saturated heterocycles. The van der Waals surface area contributed by atoms with Gasteiger partial charge in [-0.25, -0.2) is 0 Å². The van der Waals surface area contributed by atoms with Gasteiger partial charge in [-0.3, -0.25) is 0 Å². The average molecular weight is 879 g/mol. The van der Waals surface area contributed by atoms with Crippen molar-refractivity contribution in [3.05, 3.63) is 200 Å². The number of fused-ring (bicyclic) bond motifs is 9. The molecular formula is C62H38O6. The summed E-state index contributed by atoms with van der Waals surface area (Å²) < 4.78 is 6.16. The van der Waals surface area contributed by atoms with Gasteiger partial charge in [0.1, 0.15) is 11.2 Å². The summed E-state index contributed by atoms with van der Waals surface area (Å²) in [6.07, 6.45) is 0. The summed E-state index contributed by atoms with van der Waals surface area (Å²) in [5.41, 5.74) is 10.7. The van der Waals surface area contributed by atoms with E-state index in [0.29, 0.717) is 16.3 Å². The number of benzene rings is 12. The Hall–Kier alpha value is -9.26. The Balaban J connectivity index is 0.935. The Morgan fingerprint density at radius 1 is 0.235 bits per heavy atom. The Kier molecular flexibility index (Phi) is 8.57. The maximum Gasteiger partial charge on any atom is 0.208 e. The van der Waals surface area contributed by atoms with Crippen LogP contribution in [0.2, 0.25) is 0 Å². The average Bonchev–Trinajstić information content (AvgIpc) is 3.77. The van der Waals surface area contributed by atoms with Gasteiger partial charge in [0, 0.05) is 16.3 Å². The molecule has 0 aliphatic carbocycles. The number of hydrogen-bond donors (Lipinski definition) is 5. The Bertz CT molecular complexity index is 4170. The lowest BCUT2D eigenvalue weighted by molar-refractivity contribution is 0.330. The SMILES string of the molecule is Oc1c(O)c(O)c(-c2c3ccccc3c(-c3ccc(-c4cc5cc(-c6ccc(-c7ccc8oc9ccccc9c8c7)c7ccccc67)ccc5c5ccccc45)cc3)c3ccccc23)c(O)c1O. The summed E-state index contributed by atoms with van der Waals surface area (Å²) in [6.45, 7) is 0. The smallest absolute Gasteiger partial charge is 0.208 e. The molecular weight excluding hydrogens is 841 g/mol. The van der Waals surface area contributed by atoms with E-state index in [2.05, 4.69) is 140 Å². The van der Waals surface area contributed by atoms with Crippen LogP contribution in [-0.4, -0.2) is 25.5 Å². The summed E-state index contributed by atoms with van der Waals surface area (Å²) in [6, 6.07) is 69.4. The Morgan fingerprint density at radius 2 is 0.662 bits per heavy atom. The van der Waals surface area contributed by atoms with Crippen molar-refractivity contribution in [3.63, 3.8) is 0 Å². The number of phenols is 5. The second kappa shape index (κ2) is 14.9. The Labute approximate surface area is 388 Å². The van der Waals surface area contributed by atoms with Crippen molar-refractivity contribution in [1.29, 1.82) is 0 Å². The summed E-state index contributed by atoms with van der Waals surface area (Å²) in [4.78, 5) is 0. The first-order valence-electron chi connectivity index (χ1n) is 22.4. The third-order valence-electron chi connectivity index (χ3n) is 13.8. The monoisotopic (exact) mass is 878 g/mol. The zero-order valence-electron chi connectivity index (χ0n) is 36.2. The van der Waals surface area contributed by atoms with Crippen LogP contribution in [0.1, 0.15) is 0 Å². The first-order chi connectivity index (χ1) is 33.3. The zero-order chi connectivity index (χ0) is 45.8. The molecule has 5 N–H and O–H groups in total. The fraction of sp³-hybridized carbons (Fsp3) is 0. The normalized spacial score (nSPS) is 11.8. The molecule has 0 aliphatic heterocycles. The summed E-state index contributed by atoms with van der Waals surface area (Å²) >= 11 is 0. The van der Waals surface area contributed by atoms with Gasteiger partial charge in [0.05, 0.1) is 5.56 Å². The summed E-state index contributed by atoms with van der Waals surface area (Å²) in [5.74, 6) is -4.31. The topological polar surface area (TPSA) is 114 Å². The second-order valence-corrected chi connectivity index (χ2v) is 17.5. The minimum absolute atomic E-state index is 0.180. The standard InChI is InChI=1S/C62H38O6/c63-58-57(59(64)61(66)62(67)60(58)65)56-49-18-7-5-16-47(49)55(48-17-6-8-19-50(48)56)35-23-21-34(22-24-35)51-33-38-31-36(25-27-41(38)44-13-3-4-14-45(44)51)39-28-29-40(43-12-2-1-11-42(39)43)37-26-30-54-52(32-37)46-15-9-10-20-53(46)68-54/h1-33,63-67H. The number of hydrogen-bond acceptors (Lipinski definition) is 6. The first kappa shape index (κ1) is 39.1. The molecule has 0 aliphatic rings. The number of furan rings is 1. The fourth-order valence-electron chi connectivity index (χ4n) is 10.7. The highest BCUT2D eigenvalue weighted by Crippen LogP contribution is 2.58. The van der Waals surface area contributed by atoms with Crippen molar-refractivity contribution in [2.45, 2.75) is 0 Å². The molecule has 0 radical (unpaired) electrons. The van der Waals surface area contributed by atoms with Crippen LogP contribution in [0.4, 0.5) is 0 Å². The largest absolute Gasteiger partial charge is 0.504 e. The molecule has 6 heteroatoms. The van der Waals surface area contributed by atoms with Gasteiger partial charge < -0.3 is 29.9 Å². The minimum atomic E-state index is -0.998. The molecule has 0 fully saturated rings. The van der Waals surface area contributed by atoms with E-state index in [9.17, 15) is 25.5 Å². The predicted octanol–water partition coefficient (Wildman–Crippen LogP) is 16.2. The van der Waals surface area contributed by atoms with Gasteiger partial charge >= 0.3 is 0 Å². The highest BCUT2D eigenvalue weighted by atomic mass is 16.4. The molecule has 6 nitrogen and oxygen atoms in total. The van der Waals surface area contributed by atoms with Crippen LogP contribution in [0, 0.1) is 0 Å². The van der Waals surface area contributed by atoms with E-state index in [0.717, 1.165) is 82.4 Å². The molecule has 1 aromatic heterocycles. The highest BCUT2D eigenvalue weighted by molar-refractivity contribution is 6.23. The highest BCUT2D eigenvalue weighted by Gasteiger charge is 2.28. The van der Waals surface area contributed by atoms with Gasteiger partial charge in [0.15, 0.2) is 11.5 Å². The van der Waals surface area contributed by atoms with Crippen molar-refractivity contribution in [1.82, 2.24) is 0 Å². The molecule has 322 valence electrons. The van der Waals surface area contributed by atoms with E-state index in [1.807, 2.05) is 60.7 Å². The second-order valence-electron chi connectivity index (χ2n) is 17.5. The van der Waals surface area contributed by atoms with Crippen molar-refractivity contribution in [2.24, 2.45) is 0 Å². The van der Waals surface area contributed by atoms with Crippen molar-refractivity contribution < 1.29 is 29.9 Å². The summed E-state index contributed by atoms with van der Waals surface area (Å²) in [7, 11) is 0. The van der Waals surface area contributed by atoms with Gasteiger partial charge in [-0.15, -0.1) is 0 Å². The van der Waals surface area contributed by atoms with Crippen LogP contribution in [0.5, 0.6) is 28.7 Å². The third kappa shape index (κ3) is 5.77. The van der Waals surface area contributed by atoms with Crippen LogP contribution >= 0.6 is 0 Å². The number of aromatic hydroxyl groups is 5. The molecule has 0 atom stereocenters. The molecule has 0 unspecified atom stereocenters. The van der Waals surface area contributed by atoms with Gasteiger partial charge in [0.2, 0.25) is 17.2 Å². The van der Waals surface area contributed by atoms with Gasteiger partial charge in [-0.1, -0.05) is 170 Å². The van der Waals surface area contributed by atoms with Crippen LogP contribution in [0.3, 0.4) is 0 Å².